The van der Waals surface area contributed by atoms with E-state index in [4.69, 9.17) is 5.73 Å². The summed E-state index contributed by atoms with van der Waals surface area (Å²) in [4.78, 5) is 9.90. The van der Waals surface area contributed by atoms with Crippen LogP contribution in [0.2, 0.25) is 0 Å². The molecular weight excluding hydrogens is 248 g/mol. The summed E-state index contributed by atoms with van der Waals surface area (Å²) >= 11 is 0. The second-order valence-corrected chi connectivity index (χ2v) is 4.97. The summed E-state index contributed by atoms with van der Waals surface area (Å²) in [6.45, 7) is 8.83. The maximum absolute atomic E-state index is 5.98. The van der Waals surface area contributed by atoms with Crippen LogP contribution >= 0.6 is 0 Å². The van der Waals surface area contributed by atoms with E-state index in [1.807, 2.05) is 0 Å². The lowest BCUT2D eigenvalue weighted by Gasteiger charge is -2.19. The number of guanidine groups is 1. The number of fused-ring (bicyclic) bond motifs is 1. The number of benzene rings is 1. The Balaban J connectivity index is 2.07. The highest BCUT2D eigenvalue weighted by atomic mass is 15.2. The summed E-state index contributed by atoms with van der Waals surface area (Å²) in [5.41, 5.74) is 9.79. The lowest BCUT2D eigenvalue weighted by molar-refractivity contribution is 0.458. The third-order valence-electron chi connectivity index (χ3n) is 3.75. The number of aromatic amines is 1. The van der Waals surface area contributed by atoms with Gasteiger partial charge in [-0.2, -0.15) is 0 Å². The van der Waals surface area contributed by atoms with E-state index in [-0.39, 0.29) is 0 Å². The van der Waals surface area contributed by atoms with Crippen LogP contribution in [0.4, 0.5) is 0 Å². The standard InChI is InChI=1S/C16H24N4/c1-4-20(5-2)16(17)18-10-9-13-11-19-15-12(3)7-6-8-14(13)15/h6-8,11,19H,4-5,9-10H2,1-3H3,(H2,17,18). The van der Waals surface area contributed by atoms with Gasteiger partial charge in [-0.05, 0) is 38.3 Å². The van der Waals surface area contributed by atoms with Gasteiger partial charge in [-0.3, -0.25) is 4.99 Å². The summed E-state index contributed by atoms with van der Waals surface area (Å²) < 4.78 is 0. The number of hydrogen-bond acceptors (Lipinski definition) is 1. The topological polar surface area (TPSA) is 57.4 Å². The molecule has 0 aliphatic carbocycles. The molecule has 3 N–H and O–H groups in total. The first-order valence-electron chi connectivity index (χ1n) is 7.27. The van der Waals surface area contributed by atoms with Gasteiger partial charge >= 0.3 is 0 Å². The van der Waals surface area contributed by atoms with E-state index in [0.717, 1.165) is 26.1 Å². The minimum absolute atomic E-state index is 0.644. The molecule has 0 aliphatic rings. The smallest absolute Gasteiger partial charge is 0.191 e. The number of nitrogens with zero attached hydrogens (tertiary/aromatic N) is 2. The van der Waals surface area contributed by atoms with Gasteiger partial charge in [0, 0.05) is 36.7 Å². The van der Waals surface area contributed by atoms with Gasteiger partial charge < -0.3 is 15.6 Å². The molecule has 2 rings (SSSR count). The number of rotatable bonds is 5. The lowest BCUT2D eigenvalue weighted by atomic mass is 10.1. The van der Waals surface area contributed by atoms with Gasteiger partial charge in [0.2, 0.25) is 0 Å². The average molecular weight is 272 g/mol. The lowest BCUT2D eigenvalue weighted by Crippen LogP contribution is -2.37. The minimum Gasteiger partial charge on any atom is -0.370 e. The van der Waals surface area contributed by atoms with Gasteiger partial charge in [-0.1, -0.05) is 18.2 Å². The van der Waals surface area contributed by atoms with Gasteiger partial charge in [-0.25, -0.2) is 0 Å². The third-order valence-corrected chi connectivity index (χ3v) is 3.75. The van der Waals surface area contributed by atoms with Crippen LogP contribution in [-0.2, 0) is 6.42 Å². The Kier molecular flexibility index (Phi) is 4.66. The molecule has 1 heterocycles. The van der Waals surface area contributed by atoms with Gasteiger partial charge in [0.25, 0.3) is 0 Å². The van der Waals surface area contributed by atoms with Crippen LogP contribution in [0.25, 0.3) is 10.9 Å². The molecule has 0 saturated carbocycles. The van der Waals surface area contributed by atoms with Crippen molar-refractivity contribution in [1.29, 1.82) is 0 Å². The molecule has 1 aromatic carbocycles. The Morgan fingerprint density at radius 1 is 1.30 bits per heavy atom. The Morgan fingerprint density at radius 3 is 2.75 bits per heavy atom. The van der Waals surface area contributed by atoms with Gasteiger partial charge in [0.15, 0.2) is 5.96 Å². The molecule has 0 amide bonds. The fourth-order valence-corrected chi connectivity index (χ4v) is 2.51. The molecule has 0 spiro atoms. The number of aliphatic imine (C=N–C) groups is 1. The van der Waals surface area contributed by atoms with E-state index in [2.05, 4.69) is 60.0 Å². The van der Waals surface area contributed by atoms with Crippen molar-refractivity contribution in [2.75, 3.05) is 19.6 Å². The van der Waals surface area contributed by atoms with Gasteiger partial charge in [-0.15, -0.1) is 0 Å². The monoisotopic (exact) mass is 272 g/mol. The highest BCUT2D eigenvalue weighted by molar-refractivity contribution is 5.86. The Hall–Kier alpha value is -1.97. The number of hydrogen-bond donors (Lipinski definition) is 2. The first kappa shape index (κ1) is 14.4. The Bertz CT molecular complexity index is 594. The van der Waals surface area contributed by atoms with Crippen molar-refractivity contribution in [3.8, 4) is 0 Å². The zero-order valence-electron chi connectivity index (χ0n) is 12.6. The summed E-state index contributed by atoms with van der Waals surface area (Å²) in [5, 5.41) is 1.29. The molecule has 0 aliphatic heterocycles. The molecule has 0 radical (unpaired) electrons. The van der Waals surface area contributed by atoms with E-state index in [0.29, 0.717) is 5.96 Å². The molecule has 4 nitrogen and oxygen atoms in total. The predicted octanol–water partition coefficient (Wildman–Crippen LogP) is 2.68. The van der Waals surface area contributed by atoms with Crippen LogP contribution in [0.1, 0.15) is 25.0 Å². The average Bonchev–Trinajstić information content (AvgIpc) is 2.85. The van der Waals surface area contributed by atoms with Crippen molar-refractivity contribution in [3.63, 3.8) is 0 Å². The first-order valence-corrected chi connectivity index (χ1v) is 7.27. The predicted molar refractivity (Wildman–Crippen MR) is 86.2 cm³/mol. The molecule has 2 aromatic rings. The van der Waals surface area contributed by atoms with E-state index in [1.54, 1.807) is 0 Å². The first-order chi connectivity index (χ1) is 9.67. The maximum Gasteiger partial charge on any atom is 0.191 e. The van der Waals surface area contributed by atoms with Crippen LogP contribution < -0.4 is 5.73 Å². The second-order valence-electron chi connectivity index (χ2n) is 4.97. The van der Waals surface area contributed by atoms with Crippen molar-refractivity contribution < 1.29 is 0 Å². The normalized spacial score (nSPS) is 12.1. The summed E-state index contributed by atoms with van der Waals surface area (Å²) in [6.07, 6.45) is 2.99. The number of aromatic nitrogens is 1. The summed E-state index contributed by atoms with van der Waals surface area (Å²) in [7, 11) is 0. The van der Waals surface area contributed by atoms with Crippen LogP contribution in [0.5, 0.6) is 0 Å². The van der Waals surface area contributed by atoms with Gasteiger partial charge in [0.05, 0.1) is 0 Å². The Morgan fingerprint density at radius 2 is 2.05 bits per heavy atom. The molecule has 0 unspecified atom stereocenters. The Labute approximate surface area is 120 Å². The molecule has 1 aromatic heterocycles. The highest BCUT2D eigenvalue weighted by Gasteiger charge is 2.05. The summed E-state index contributed by atoms with van der Waals surface area (Å²) in [6, 6.07) is 6.38. The SMILES string of the molecule is CCN(CC)C(N)=NCCc1c[nH]c2c(C)cccc12. The highest BCUT2D eigenvalue weighted by Crippen LogP contribution is 2.21. The number of para-hydroxylation sites is 1. The molecule has 0 fully saturated rings. The van der Waals surface area contributed by atoms with Crippen molar-refractivity contribution in [3.05, 3.63) is 35.5 Å². The van der Waals surface area contributed by atoms with Crippen molar-refractivity contribution in [1.82, 2.24) is 9.88 Å². The number of nitrogens with one attached hydrogen (secondary N) is 1. The fraction of sp³-hybridized carbons (Fsp3) is 0.438. The van der Waals surface area contributed by atoms with Crippen molar-refractivity contribution in [2.45, 2.75) is 27.2 Å². The molecule has 0 saturated heterocycles. The fourth-order valence-electron chi connectivity index (χ4n) is 2.51. The van der Waals surface area contributed by atoms with Crippen molar-refractivity contribution >= 4 is 16.9 Å². The van der Waals surface area contributed by atoms with E-state index in [1.165, 1.54) is 22.0 Å². The molecule has 0 atom stereocenters. The van der Waals surface area contributed by atoms with E-state index >= 15 is 0 Å². The van der Waals surface area contributed by atoms with Crippen LogP contribution in [-0.4, -0.2) is 35.5 Å². The molecular formula is C16H24N4. The summed E-state index contributed by atoms with van der Waals surface area (Å²) in [5.74, 6) is 0.644. The van der Waals surface area contributed by atoms with E-state index < -0.39 is 0 Å². The minimum atomic E-state index is 0.644. The molecule has 0 bridgehead atoms. The molecule has 20 heavy (non-hydrogen) atoms. The number of aryl methyl sites for hydroxylation is 1. The third kappa shape index (κ3) is 2.95. The van der Waals surface area contributed by atoms with Crippen LogP contribution in [0.15, 0.2) is 29.4 Å². The quantitative estimate of drug-likeness (QED) is 0.649. The van der Waals surface area contributed by atoms with Crippen LogP contribution in [0.3, 0.4) is 0 Å². The zero-order valence-corrected chi connectivity index (χ0v) is 12.6. The molecule has 108 valence electrons. The largest absolute Gasteiger partial charge is 0.370 e. The van der Waals surface area contributed by atoms with Gasteiger partial charge in [0.1, 0.15) is 0 Å². The van der Waals surface area contributed by atoms with Crippen molar-refractivity contribution in [2.24, 2.45) is 10.7 Å². The van der Waals surface area contributed by atoms with E-state index in [9.17, 15) is 0 Å². The van der Waals surface area contributed by atoms with Crippen LogP contribution in [0, 0.1) is 6.92 Å². The zero-order chi connectivity index (χ0) is 14.5. The number of H-pyrrole nitrogens is 1. The maximum atomic E-state index is 5.98. The second kappa shape index (κ2) is 6.46. The molecule has 4 heteroatoms. The number of nitrogens with two attached hydrogens (primary N) is 1.